The molecular weight excluding hydrogens is 612 g/mol. The van der Waals surface area contributed by atoms with E-state index in [9.17, 15) is 10.1 Å². The Balaban J connectivity index is 1.53. The highest BCUT2D eigenvalue weighted by Crippen LogP contribution is 2.74. The Hall–Kier alpha value is -5.95. The highest BCUT2D eigenvalue weighted by Gasteiger charge is 2.82. The number of carbonyl (C=O) groups excluding carboxylic acids is 3. The molecule has 1 heterocycles. The number of benzene rings is 5. The Bertz CT molecular complexity index is 2120. The summed E-state index contributed by atoms with van der Waals surface area (Å²) < 4.78 is 0. The van der Waals surface area contributed by atoms with Gasteiger partial charge >= 0.3 is 0 Å². The second kappa shape index (κ2) is 10.8. The lowest BCUT2D eigenvalue weighted by Crippen LogP contribution is -2.45. The number of nitro groups is 1. The molecule has 0 N–H and O–H groups in total. The monoisotopic (exact) mass is 644 g/mol. The predicted octanol–water partition coefficient (Wildman–Crippen LogP) is 7.71. The van der Waals surface area contributed by atoms with E-state index in [1.54, 1.807) is 19.1 Å². The zero-order valence-corrected chi connectivity index (χ0v) is 27.2. The van der Waals surface area contributed by atoms with E-state index >= 15 is 14.4 Å². The SMILES string of the molecule is Cc1ccc(C2=C(c3ccc(C)cc3)[C@@]3(c4ccccc4)C(=O)[C@@]2(c2ccccc2)[C@@H]2C(=O)N(c4ccc(C)c([N+](=O)[O-])c4)C(=O)[C@@H]23)cc1. The van der Waals surface area contributed by atoms with E-state index in [0.29, 0.717) is 27.8 Å². The summed E-state index contributed by atoms with van der Waals surface area (Å²) >= 11 is 0. The van der Waals surface area contributed by atoms with Gasteiger partial charge in [-0.05, 0) is 60.2 Å². The molecule has 0 radical (unpaired) electrons. The molecule has 0 spiro atoms. The molecule has 2 fully saturated rings. The summed E-state index contributed by atoms with van der Waals surface area (Å²) in [4.78, 5) is 58.8. The van der Waals surface area contributed by atoms with Crippen molar-refractivity contribution in [1.29, 1.82) is 0 Å². The number of allylic oxidation sites excluding steroid dienone is 2. The van der Waals surface area contributed by atoms with Crippen molar-refractivity contribution < 1.29 is 19.3 Å². The number of hydrogen-bond donors (Lipinski definition) is 0. The third-order valence-corrected chi connectivity index (χ3v) is 10.8. The normalized spacial score (nSPS) is 24.1. The lowest BCUT2D eigenvalue weighted by atomic mass is 9.59. The summed E-state index contributed by atoms with van der Waals surface area (Å²) in [6.07, 6.45) is 0. The number of Topliss-reactive ketones (excluding diaryl/α,β-unsaturated/α-hetero) is 1. The average Bonchev–Trinajstić information content (AvgIpc) is 3.62. The summed E-state index contributed by atoms with van der Waals surface area (Å²) in [6.45, 7) is 5.61. The van der Waals surface area contributed by atoms with Crippen molar-refractivity contribution in [1.82, 2.24) is 0 Å². The van der Waals surface area contributed by atoms with Gasteiger partial charge in [-0.3, -0.25) is 24.5 Å². The van der Waals surface area contributed by atoms with Gasteiger partial charge in [0.15, 0.2) is 5.78 Å². The first-order chi connectivity index (χ1) is 23.6. The molecule has 1 saturated heterocycles. The number of rotatable bonds is 6. The molecule has 5 aromatic rings. The largest absolute Gasteiger partial charge is 0.297 e. The lowest BCUT2D eigenvalue weighted by Gasteiger charge is -2.39. The quantitative estimate of drug-likeness (QED) is 0.107. The van der Waals surface area contributed by atoms with Crippen molar-refractivity contribution in [3.63, 3.8) is 0 Å². The molecular formula is C42H32N2O5. The smallest absolute Gasteiger partial charge is 0.274 e. The van der Waals surface area contributed by atoms with Gasteiger partial charge in [-0.15, -0.1) is 0 Å². The molecule has 7 heteroatoms. The minimum atomic E-state index is -1.55. The summed E-state index contributed by atoms with van der Waals surface area (Å²) in [6, 6.07) is 39.0. The van der Waals surface area contributed by atoms with E-state index in [-0.39, 0.29) is 17.2 Å². The van der Waals surface area contributed by atoms with E-state index in [1.165, 1.54) is 6.07 Å². The maximum atomic E-state index is 16.0. The second-order valence-electron chi connectivity index (χ2n) is 13.4. The number of imide groups is 1. The van der Waals surface area contributed by atoms with Gasteiger partial charge in [0, 0.05) is 11.6 Å². The van der Waals surface area contributed by atoms with E-state index < -0.39 is 39.4 Å². The Morgan fingerprint density at radius 3 is 1.43 bits per heavy atom. The Kier molecular flexibility index (Phi) is 6.69. The standard InChI is InChI=1S/C42H32N2O5/c1-25-14-19-28(20-15-25)34-35(29-21-16-26(2)17-22-29)42(31-12-8-5-9-13-31)37-36(41(34,40(42)47)30-10-6-4-7-11-30)38(45)43(39(37)46)32-23-18-27(3)33(24-32)44(48)49/h4-24,36-37H,1-3H3/t36-,37+,41-,42-/m1/s1. The number of ketones is 1. The summed E-state index contributed by atoms with van der Waals surface area (Å²) in [5.41, 5.74) is 3.58. The number of carbonyl (C=O) groups is 3. The second-order valence-corrected chi connectivity index (χ2v) is 13.4. The third-order valence-electron chi connectivity index (χ3n) is 10.8. The van der Waals surface area contributed by atoms with Crippen LogP contribution in [0.2, 0.25) is 0 Å². The molecule has 0 aromatic heterocycles. The molecule has 1 aliphatic heterocycles. The van der Waals surface area contributed by atoms with Crippen LogP contribution < -0.4 is 4.90 Å². The minimum Gasteiger partial charge on any atom is -0.297 e. The van der Waals surface area contributed by atoms with Crippen LogP contribution in [-0.2, 0) is 25.2 Å². The molecule has 1 saturated carbocycles. The van der Waals surface area contributed by atoms with Crippen LogP contribution in [0, 0.1) is 42.7 Å². The van der Waals surface area contributed by atoms with E-state index in [1.807, 2.05) is 123 Å². The highest BCUT2D eigenvalue weighted by atomic mass is 16.6. The zero-order valence-electron chi connectivity index (χ0n) is 27.2. The van der Waals surface area contributed by atoms with E-state index in [0.717, 1.165) is 27.2 Å². The molecule has 2 aliphatic carbocycles. The maximum Gasteiger partial charge on any atom is 0.274 e. The van der Waals surface area contributed by atoms with Crippen LogP contribution >= 0.6 is 0 Å². The van der Waals surface area contributed by atoms with Crippen molar-refractivity contribution in [3.05, 3.63) is 176 Å². The molecule has 0 unspecified atom stereocenters. The number of anilines is 1. The Morgan fingerprint density at radius 2 is 1.02 bits per heavy atom. The summed E-state index contributed by atoms with van der Waals surface area (Å²) in [5, 5.41) is 12.0. The summed E-state index contributed by atoms with van der Waals surface area (Å²) in [7, 11) is 0. The highest BCUT2D eigenvalue weighted by molar-refractivity contribution is 6.39. The molecule has 4 atom stereocenters. The first kappa shape index (κ1) is 30.4. The number of hydrogen-bond acceptors (Lipinski definition) is 5. The van der Waals surface area contributed by atoms with Gasteiger partial charge in [0.1, 0.15) is 0 Å². The molecule has 7 nitrogen and oxygen atoms in total. The number of amides is 2. The predicted molar refractivity (Wildman–Crippen MR) is 188 cm³/mol. The number of aryl methyl sites for hydroxylation is 3. The van der Waals surface area contributed by atoms with Crippen molar-refractivity contribution in [2.24, 2.45) is 11.8 Å². The van der Waals surface area contributed by atoms with Crippen LogP contribution in [0.1, 0.15) is 38.9 Å². The fourth-order valence-electron chi connectivity index (χ4n) is 8.75. The van der Waals surface area contributed by atoms with Gasteiger partial charge < -0.3 is 0 Å². The average molecular weight is 645 g/mol. The molecule has 240 valence electrons. The van der Waals surface area contributed by atoms with Crippen molar-refractivity contribution in [3.8, 4) is 0 Å². The van der Waals surface area contributed by atoms with Crippen LogP contribution in [-0.4, -0.2) is 22.5 Å². The lowest BCUT2D eigenvalue weighted by molar-refractivity contribution is -0.385. The number of fused-ring (bicyclic) bond motifs is 5. The maximum absolute atomic E-state index is 16.0. The molecule has 2 amide bonds. The molecule has 8 rings (SSSR count). The van der Waals surface area contributed by atoms with E-state index in [2.05, 4.69) is 0 Å². The van der Waals surface area contributed by atoms with Crippen molar-refractivity contribution >= 4 is 40.1 Å². The van der Waals surface area contributed by atoms with Crippen LogP contribution in [0.5, 0.6) is 0 Å². The zero-order chi connectivity index (χ0) is 34.2. The first-order valence-electron chi connectivity index (χ1n) is 16.3. The van der Waals surface area contributed by atoms with Crippen molar-refractivity contribution in [2.45, 2.75) is 31.6 Å². The van der Waals surface area contributed by atoms with Gasteiger partial charge in [0.2, 0.25) is 11.8 Å². The van der Waals surface area contributed by atoms with Gasteiger partial charge in [0.05, 0.1) is 33.3 Å². The van der Waals surface area contributed by atoms with Gasteiger partial charge in [-0.2, -0.15) is 0 Å². The third kappa shape index (κ3) is 3.93. The van der Waals surface area contributed by atoms with Crippen molar-refractivity contribution in [2.75, 3.05) is 4.90 Å². The first-order valence-corrected chi connectivity index (χ1v) is 16.3. The molecule has 3 aliphatic rings. The fourth-order valence-corrected chi connectivity index (χ4v) is 8.75. The van der Waals surface area contributed by atoms with Gasteiger partial charge in [-0.25, -0.2) is 4.90 Å². The van der Waals surface area contributed by atoms with Gasteiger partial charge in [0.25, 0.3) is 5.69 Å². The van der Waals surface area contributed by atoms with Gasteiger partial charge in [-0.1, -0.05) is 126 Å². The van der Waals surface area contributed by atoms with Crippen LogP contribution in [0.4, 0.5) is 11.4 Å². The van der Waals surface area contributed by atoms with Crippen LogP contribution in [0.3, 0.4) is 0 Å². The molecule has 2 bridgehead atoms. The number of nitro benzene ring substituents is 1. The van der Waals surface area contributed by atoms with Crippen LogP contribution in [0.15, 0.2) is 127 Å². The topological polar surface area (TPSA) is 97.6 Å². The molecule has 49 heavy (non-hydrogen) atoms. The fraction of sp³-hybridized carbons (Fsp3) is 0.167. The Morgan fingerprint density at radius 1 is 0.592 bits per heavy atom. The van der Waals surface area contributed by atoms with Crippen LogP contribution in [0.25, 0.3) is 11.1 Å². The Labute approximate surface area is 283 Å². The van der Waals surface area contributed by atoms with E-state index in [4.69, 9.17) is 0 Å². The number of nitrogens with zero attached hydrogens (tertiary/aromatic N) is 2. The molecule has 5 aromatic carbocycles. The minimum absolute atomic E-state index is 0.119. The summed E-state index contributed by atoms with van der Waals surface area (Å²) in [5.74, 6) is -3.52.